The molecule has 0 saturated heterocycles. The minimum Gasteiger partial charge on any atom is -0.507 e. The van der Waals surface area contributed by atoms with Crippen LogP contribution in [0.3, 0.4) is 0 Å². The van der Waals surface area contributed by atoms with Crippen molar-refractivity contribution in [2.75, 3.05) is 13.7 Å². The molecule has 3 N–H and O–H groups in total. The number of aromatic carboxylic acids is 1. The van der Waals surface area contributed by atoms with Gasteiger partial charge in [0.25, 0.3) is 0 Å². The fourth-order valence-corrected chi connectivity index (χ4v) is 6.22. The lowest BCUT2D eigenvalue weighted by molar-refractivity contribution is 0.0692. The number of phenols is 2. The summed E-state index contributed by atoms with van der Waals surface area (Å²) in [6, 6.07) is 24.1. The first kappa shape index (κ1) is 43.3. The molecule has 0 aliphatic carbocycles. The molecule has 0 spiro atoms. The summed E-state index contributed by atoms with van der Waals surface area (Å²) in [5.41, 5.74) is 0.827. The van der Waals surface area contributed by atoms with Gasteiger partial charge in [0.2, 0.25) is 0 Å². The zero-order chi connectivity index (χ0) is 39.0. The summed E-state index contributed by atoms with van der Waals surface area (Å²) in [4.78, 5) is 35.9. The summed E-state index contributed by atoms with van der Waals surface area (Å²) in [6.45, 7) is 2.92. The van der Waals surface area contributed by atoms with E-state index in [1.807, 2.05) is 18.2 Å². The summed E-state index contributed by atoms with van der Waals surface area (Å²) in [5, 5.41) is 29.2. The number of phenolic OH excluding ortho intramolecular Hbond substituents is 2. The number of methoxy groups -OCH3 is 1. The summed E-state index contributed by atoms with van der Waals surface area (Å²) in [6.07, 6.45) is 21.6. The van der Waals surface area contributed by atoms with E-state index < -0.39 is 11.8 Å². The van der Waals surface area contributed by atoms with Crippen molar-refractivity contribution in [2.24, 2.45) is 0 Å². The number of carboxylic acids is 1. The lowest BCUT2D eigenvalue weighted by Gasteiger charge is -2.09. The topological polar surface area (TPSA) is 130 Å². The number of ketones is 2. The smallest absolute Gasteiger partial charge is 0.336 e. The third kappa shape index (κ3) is 15.1. The first-order chi connectivity index (χ1) is 26.3. The van der Waals surface area contributed by atoms with Gasteiger partial charge in [0, 0.05) is 23.3 Å². The third-order valence-corrected chi connectivity index (χ3v) is 9.37. The Balaban J connectivity index is 0.000000331. The van der Waals surface area contributed by atoms with Gasteiger partial charge in [-0.05, 0) is 36.8 Å². The number of rotatable bonds is 24. The van der Waals surface area contributed by atoms with E-state index in [1.54, 1.807) is 36.4 Å². The van der Waals surface area contributed by atoms with Gasteiger partial charge in [0.05, 0.1) is 30.4 Å². The summed E-state index contributed by atoms with van der Waals surface area (Å²) < 4.78 is 10.7. The van der Waals surface area contributed by atoms with Crippen molar-refractivity contribution in [1.82, 2.24) is 0 Å². The molecule has 0 amide bonds. The van der Waals surface area contributed by atoms with Crippen LogP contribution in [0.5, 0.6) is 23.0 Å². The number of hydrogen-bond acceptors (Lipinski definition) is 7. The van der Waals surface area contributed by atoms with E-state index in [-0.39, 0.29) is 34.0 Å². The highest BCUT2D eigenvalue weighted by atomic mass is 16.5. The average molecular weight is 739 g/mol. The number of carboxylic acid groups (broad SMARTS) is 1. The van der Waals surface area contributed by atoms with Crippen LogP contribution in [-0.2, 0) is 0 Å². The van der Waals surface area contributed by atoms with Gasteiger partial charge >= 0.3 is 5.97 Å². The Kier molecular flexibility index (Phi) is 20.0. The minimum absolute atomic E-state index is 0.0273. The van der Waals surface area contributed by atoms with E-state index in [0.717, 1.165) is 6.42 Å². The maximum Gasteiger partial charge on any atom is 0.336 e. The molecule has 0 bridgehead atoms. The molecule has 4 aromatic rings. The highest BCUT2D eigenvalue weighted by Crippen LogP contribution is 2.28. The van der Waals surface area contributed by atoms with Crippen LogP contribution in [0.4, 0.5) is 0 Å². The van der Waals surface area contributed by atoms with Crippen LogP contribution in [-0.4, -0.2) is 46.6 Å². The molecular formula is C46H58O8. The van der Waals surface area contributed by atoms with E-state index in [2.05, 4.69) is 6.92 Å². The largest absolute Gasteiger partial charge is 0.507 e. The van der Waals surface area contributed by atoms with Crippen molar-refractivity contribution in [2.45, 2.75) is 110 Å². The second-order valence-electron chi connectivity index (χ2n) is 13.6. The molecule has 290 valence electrons. The number of carbonyl (C=O) groups is 3. The predicted octanol–water partition coefficient (Wildman–Crippen LogP) is 11.6. The van der Waals surface area contributed by atoms with Crippen molar-refractivity contribution < 1.29 is 39.2 Å². The lowest BCUT2D eigenvalue weighted by atomic mass is 9.97. The standard InChI is InChI=1S/C31H46O3.C15H12O5/c1-2-3-4-5-6-7-8-9-10-11-12-13-14-15-16-20-25-34-28-23-24-29(30(32)26-28)31(33)27-21-18-17-19-22-27;1-20-9-6-7-12(13(16)8-9)14(17)10-4-2-3-5-11(10)15(18)19/h17-19,21-24,26,32H,2-16,20,25H2,1H3;2-8,16H,1H3,(H,18,19). The Morgan fingerprint density at radius 1 is 0.500 bits per heavy atom. The van der Waals surface area contributed by atoms with Gasteiger partial charge in [-0.1, -0.05) is 152 Å². The summed E-state index contributed by atoms with van der Waals surface area (Å²) >= 11 is 0. The quantitative estimate of drug-likeness (QED) is 0.0478. The van der Waals surface area contributed by atoms with E-state index in [4.69, 9.17) is 14.6 Å². The maximum atomic E-state index is 12.5. The zero-order valence-electron chi connectivity index (χ0n) is 32.1. The Hall–Kier alpha value is -5.11. The molecule has 0 aromatic heterocycles. The van der Waals surface area contributed by atoms with Gasteiger partial charge in [-0.3, -0.25) is 9.59 Å². The van der Waals surface area contributed by atoms with E-state index >= 15 is 0 Å². The van der Waals surface area contributed by atoms with Crippen LogP contribution in [0.15, 0.2) is 91.0 Å². The third-order valence-electron chi connectivity index (χ3n) is 9.37. The second kappa shape index (κ2) is 25.0. The number of hydrogen-bond donors (Lipinski definition) is 3. The molecule has 8 heteroatoms. The molecule has 8 nitrogen and oxygen atoms in total. The molecule has 0 aliphatic rings. The Morgan fingerprint density at radius 2 is 0.944 bits per heavy atom. The van der Waals surface area contributed by atoms with E-state index in [1.165, 1.54) is 140 Å². The highest BCUT2D eigenvalue weighted by molar-refractivity contribution is 6.15. The van der Waals surface area contributed by atoms with E-state index in [9.17, 15) is 24.6 Å². The van der Waals surface area contributed by atoms with Gasteiger partial charge in [0.1, 0.15) is 23.0 Å². The van der Waals surface area contributed by atoms with Gasteiger partial charge in [-0.25, -0.2) is 4.79 Å². The number of unbranched alkanes of at least 4 members (excludes halogenated alkanes) is 15. The molecule has 54 heavy (non-hydrogen) atoms. The van der Waals surface area contributed by atoms with Crippen LogP contribution in [0, 0.1) is 0 Å². The van der Waals surface area contributed by atoms with Gasteiger partial charge in [-0.2, -0.15) is 0 Å². The molecule has 0 fully saturated rings. The van der Waals surface area contributed by atoms with Crippen LogP contribution >= 0.6 is 0 Å². The second-order valence-corrected chi connectivity index (χ2v) is 13.6. The van der Waals surface area contributed by atoms with Crippen molar-refractivity contribution in [1.29, 1.82) is 0 Å². The highest BCUT2D eigenvalue weighted by Gasteiger charge is 2.20. The minimum atomic E-state index is -1.19. The number of carbonyl (C=O) groups excluding carboxylic acids is 2. The SMILES string of the molecule is CCCCCCCCCCCCCCCCCCOc1ccc(C(=O)c2ccccc2)c(O)c1.COc1ccc(C(=O)c2ccccc2C(=O)O)c(O)c1. The molecule has 0 aliphatic heterocycles. The fourth-order valence-electron chi connectivity index (χ4n) is 6.22. The molecule has 0 heterocycles. The first-order valence-corrected chi connectivity index (χ1v) is 19.6. The Labute approximate surface area is 321 Å². The van der Waals surface area contributed by atoms with Crippen molar-refractivity contribution in [3.05, 3.63) is 119 Å². The number of ether oxygens (including phenoxy) is 2. The van der Waals surface area contributed by atoms with Gasteiger partial charge in [-0.15, -0.1) is 0 Å². The zero-order valence-corrected chi connectivity index (χ0v) is 32.1. The number of benzene rings is 4. The fraction of sp³-hybridized carbons (Fsp3) is 0.413. The molecular weight excluding hydrogens is 680 g/mol. The normalized spacial score (nSPS) is 10.6. The average Bonchev–Trinajstić information content (AvgIpc) is 3.19. The monoisotopic (exact) mass is 738 g/mol. The molecule has 4 aromatic carbocycles. The van der Waals surface area contributed by atoms with Crippen LogP contribution in [0.25, 0.3) is 0 Å². The van der Waals surface area contributed by atoms with Crippen molar-refractivity contribution in [3.63, 3.8) is 0 Å². The molecule has 0 saturated carbocycles. The van der Waals surface area contributed by atoms with Crippen LogP contribution < -0.4 is 9.47 Å². The molecule has 4 rings (SSSR count). The maximum absolute atomic E-state index is 12.5. The van der Waals surface area contributed by atoms with Crippen molar-refractivity contribution >= 4 is 17.5 Å². The van der Waals surface area contributed by atoms with Crippen LogP contribution in [0.2, 0.25) is 0 Å². The van der Waals surface area contributed by atoms with E-state index in [0.29, 0.717) is 29.2 Å². The predicted molar refractivity (Wildman–Crippen MR) is 215 cm³/mol. The summed E-state index contributed by atoms with van der Waals surface area (Å²) in [5.74, 6) is -1.19. The molecule has 0 radical (unpaired) electrons. The first-order valence-electron chi connectivity index (χ1n) is 19.6. The Bertz CT molecular complexity index is 1720. The van der Waals surface area contributed by atoms with Gasteiger partial charge in [0.15, 0.2) is 11.6 Å². The summed E-state index contributed by atoms with van der Waals surface area (Å²) in [7, 11) is 1.44. The lowest BCUT2D eigenvalue weighted by Crippen LogP contribution is -2.09. The van der Waals surface area contributed by atoms with Crippen molar-refractivity contribution in [3.8, 4) is 23.0 Å². The number of aromatic hydroxyl groups is 2. The molecule has 0 unspecified atom stereocenters. The van der Waals surface area contributed by atoms with Gasteiger partial charge < -0.3 is 24.8 Å². The van der Waals surface area contributed by atoms with Crippen LogP contribution in [0.1, 0.15) is 152 Å². The molecule has 0 atom stereocenters. The Morgan fingerprint density at radius 3 is 1.44 bits per heavy atom.